The van der Waals surface area contributed by atoms with Gasteiger partial charge in [0.15, 0.2) is 0 Å². The highest BCUT2D eigenvalue weighted by Gasteiger charge is 2.10. The molecule has 0 radical (unpaired) electrons. The van der Waals surface area contributed by atoms with Gasteiger partial charge in [-0.2, -0.15) is 13.5 Å². The average molecular weight is 304 g/mol. The highest BCUT2D eigenvalue weighted by atomic mass is 32.2. The number of carboxylic acids is 1. The summed E-state index contributed by atoms with van der Waals surface area (Å²) < 4.78 is 23.7. The van der Waals surface area contributed by atoms with E-state index in [-0.39, 0.29) is 10.5 Å². The standard InChI is InChI=1S/C14H12N2O4S/c17-14(18)12-8-6-11(7-9-12)10-15-16-21(19,20)13-4-2-1-3-5-13/h1-10,16H,(H,17,18)/b15-10+. The van der Waals surface area contributed by atoms with Gasteiger partial charge in [0.25, 0.3) is 10.0 Å². The van der Waals surface area contributed by atoms with Crippen LogP contribution in [0.25, 0.3) is 0 Å². The van der Waals surface area contributed by atoms with E-state index >= 15 is 0 Å². The Bertz CT molecular complexity index is 753. The van der Waals surface area contributed by atoms with E-state index in [2.05, 4.69) is 9.93 Å². The number of carbonyl (C=O) groups is 1. The average Bonchev–Trinajstić information content (AvgIpc) is 2.48. The maximum atomic E-state index is 11.9. The number of carboxylic acid groups (broad SMARTS) is 1. The van der Waals surface area contributed by atoms with Crippen LogP contribution in [0.15, 0.2) is 64.6 Å². The van der Waals surface area contributed by atoms with Gasteiger partial charge in [0.2, 0.25) is 0 Å². The van der Waals surface area contributed by atoms with Gasteiger partial charge >= 0.3 is 5.97 Å². The first-order valence-corrected chi connectivity index (χ1v) is 7.41. The molecule has 0 fully saturated rings. The van der Waals surface area contributed by atoms with Crippen LogP contribution in [0, 0.1) is 0 Å². The monoisotopic (exact) mass is 304 g/mol. The molecule has 0 saturated heterocycles. The highest BCUT2D eigenvalue weighted by Crippen LogP contribution is 2.07. The van der Waals surface area contributed by atoms with Crippen LogP contribution < -0.4 is 4.83 Å². The first-order chi connectivity index (χ1) is 9.99. The number of sulfonamides is 1. The number of benzene rings is 2. The molecule has 2 aromatic carbocycles. The van der Waals surface area contributed by atoms with E-state index < -0.39 is 16.0 Å². The maximum Gasteiger partial charge on any atom is 0.335 e. The Kier molecular flexibility index (Phi) is 4.34. The minimum absolute atomic E-state index is 0.114. The third-order valence-electron chi connectivity index (χ3n) is 2.60. The van der Waals surface area contributed by atoms with Gasteiger partial charge in [0.05, 0.1) is 16.7 Å². The van der Waals surface area contributed by atoms with Crippen molar-refractivity contribution in [1.82, 2.24) is 4.83 Å². The third kappa shape index (κ3) is 3.90. The molecule has 108 valence electrons. The zero-order chi connectivity index (χ0) is 15.3. The van der Waals surface area contributed by atoms with Crippen LogP contribution in [0.1, 0.15) is 15.9 Å². The molecular weight excluding hydrogens is 292 g/mol. The van der Waals surface area contributed by atoms with Gasteiger partial charge in [-0.05, 0) is 29.8 Å². The van der Waals surface area contributed by atoms with Gasteiger partial charge in [-0.3, -0.25) is 0 Å². The van der Waals surface area contributed by atoms with Crippen molar-refractivity contribution in [3.63, 3.8) is 0 Å². The third-order valence-corrected chi connectivity index (χ3v) is 3.84. The van der Waals surface area contributed by atoms with Crippen LogP contribution in [0.5, 0.6) is 0 Å². The zero-order valence-corrected chi connectivity index (χ0v) is 11.6. The molecule has 0 aliphatic carbocycles. The Morgan fingerprint density at radius 3 is 2.24 bits per heavy atom. The summed E-state index contributed by atoms with van der Waals surface area (Å²) >= 11 is 0. The molecule has 7 heteroatoms. The van der Waals surface area contributed by atoms with Crippen molar-refractivity contribution in [2.75, 3.05) is 0 Å². The summed E-state index contributed by atoms with van der Waals surface area (Å²) in [5.74, 6) is -1.02. The SMILES string of the molecule is O=C(O)c1ccc(/C=N/NS(=O)(=O)c2ccccc2)cc1. The number of hydrazone groups is 1. The second-order valence-electron chi connectivity index (χ2n) is 4.09. The Morgan fingerprint density at radius 2 is 1.67 bits per heavy atom. The van der Waals surface area contributed by atoms with Crippen molar-refractivity contribution in [3.8, 4) is 0 Å². The van der Waals surface area contributed by atoms with Crippen molar-refractivity contribution < 1.29 is 18.3 Å². The molecule has 2 aromatic rings. The largest absolute Gasteiger partial charge is 0.478 e. The lowest BCUT2D eigenvalue weighted by Gasteiger charge is -2.02. The Balaban J connectivity index is 2.07. The number of aromatic carboxylic acids is 1. The van der Waals surface area contributed by atoms with E-state index in [1.807, 2.05) is 0 Å². The summed E-state index contributed by atoms with van der Waals surface area (Å²) in [6.45, 7) is 0. The van der Waals surface area contributed by atoms with Gasteiger partial charge in [-0.1, -0.05) is 30.3 Å². The zero-order valence-electron chi connectivity index (χ0n) is 10.8. The molecule has 0 heterocycles. The van der Waals surface area contributed by atoms with E-state index in [4.69, 9.17) is 5.11 Å². The number of nitrogens with zero attached hydrogens (tertiary/aromatic N) is 1. The predicted octanol–water partition coefficient (Wildman–Crippen LogP) is 1.70. The molecule has 0 saturated carbocycles. The predicted molar refractivity (Wildman–Crippen MR) is 77.8 cm³/mol. The molecule has 0 aliphatic rings. The van der Waals surface area contributed by atoms with Crippen LogP contribution in [0.4, 0.5) is 0 Å². The molecule has 2 N–H and O–H groups in total. The second kappa shape index (κ2) is 6.19. The van der Waals surface area contributed by atoms with Crippen molar-refractivity contribution in [2.45, 2.75) is 4.90 Å². The van der Waals surface area contributed by atoms with Crippen molar-refractivity contribution in [3.05, 3.63) is 65.7 Å². The lowest BCUT2D eigenvalue weighted by atomic mass is 10.1. The van der Waals surface area contributed by atoms with Crippen molar-refractivity contribution >= 4 is 22.2 Å². The van der Waals surface area contributed by atoms with Crippen molar-refractivity contribution in [1.29, 1.82) is 0 Å². The molecule has 21 heavy (non-hydrogen) atoms. The first-order valence-electron chi connectivity index (χ1n) is 5.92. The topological polar surface area (TPSA) is 95.8 Å². The first kappa shape index (κ1) is 14.7. The fourth-order valence-electron chi connectivity index (χ4n) is 1.53. The Labute approximate surface area is 121 Å². The molecule has 0 aliphatic heterocycles. The minimum atomic E-state index is -3.69. The van der Waals surface area contributed by atoms with Crippen LogP contribution in [0.3, 0.4) is 0 Å². The van der Waals surface area contributed by atoms with Gasteiger partial charge in [-0.15, -0.1) is 0 Å². The molecule has 0 amide bonds. The highest BCUT2D eigenvalue weighted by molar-refractivity contribution is 7.89. The summed E-state index contributed by atoms with van der Waals surface area (Å²) in [6.07, 6.45) is 1.30. The quantitative estimate of drug-likeness (QED) is 0.649. The summed E-state index contributed by atoms with van der Waals surface area (Å²) in [5.41, 5.74) is 0.729. The summed E-state index contributed by atoms with van der Waals surface area (Å²) in [6, 6.07) is 13.7. The molecule has 0 bridgehead atoms. The van der Waals surface area contributed by atoms with Crippen molar-refractivity contribution in [2.24, 2.45) is 5.10 Å². The summed E-state index contributed by atoms with van der Waals surface area (Å²) in [7, 11) is -3.69. The van der Waals surface area contributed by atoms with Crippen LogP contribution in [-0.4, -0.2) is 25.7 Å². The fraction of sp³-hybridized carbons (Fsp3) is 0. The van der Waals surface area contributed by atoms with Crippen LogP contribution in [0.2, 0.25) is 0 Å². The smallest absolute Gasteiger partial charge is 0.335 e. The van der Waals surface area contributed by atoms with Gasteiger partial charge in [0, 0.05) is 0 Å². The Morgan fingerprint density at radius 1 is 1.05 bits per heavy atom. The molecule has 0 unspecified atom stereocenters. The normalized spacial score (nSPS) is 11.4. The van der Waals surface area contributed by atoms with Gasteiger partial charge < -0.3 is 5.11 Å². The number of rotatable bonds is 5. The molecule has 0 aromatic heterocycles. The van der Waals surface area contributed by atoms with Gasteiger partial charge in [0.1, 0.15) is 0 Å². The summed E-state index contributed by atoms with van der Waals surface area (Å²) in [5, 5.41) is 12.4. The van der Waals surface area contributed by atoms with Crippen LogP contribution >= 0.6 is 0 Å². The van der Waals surface area contributed by atoms with E-state index in [0.717, 1.165) is 0 Å². The number of hydrogen-bond donors (Lipinski definition) is 2. The van der Waals surface area contributed by atoms with Crippen LogP contribution in [-0.2, 0) is 10.0 Å². The molecule has 6 nitrogen and oxygen atoms in total. The lowest BCUT2D eigenvalue weighted by molar-refractivity contribution is 0.0697. The molecule has 0 spiro atoms. The maximum absolute atomic E-state index is 11.9. The molecule has 2 rings (SSSR count). The molecule has 0 atom stereocenters. The minimum Gasteiger partial charge on any atom is -0.478 e. The van der Waals surface area contributed by atoms with E-state index in [9.17, 15) is 13.2 Å². The lowest BCUT2D eigenvalue weighted by Crippen LogP contribution is -2.18. The summed E-state index contributed by atoms with van der Waals surface area (Å²) in [4.78, 5) is 12.9. The number of hydrogen-bond acceptors (Lipinski definition) is 4. The fourth-order valence-corrected chi connectivity index (χ4v) is 2.35. The Hall–Kier alpha value is -2.67. The van der Waals surface area contributed by atoms with E-state index in [0.29, 0.717) is 5.56 Å². The number of nitrogens with one attached hydrogen (secondary N) is 1. The van der Waals surface area contributed by atoms with Gasteiger partial charge in [-0.25, -0.2) is 9.63 Å². The second-order valence-corrected chi connectivity index (χ2v) is 5.75. The van der Waals surface area contributed by atoms with E-state index in [1.54, 1.807) is 18.2 Å². The van der Waals surface area contributed by atoms with E-state index in [1.165, 1.54) is 42.6 Å². The molecular formula is C14H12N2O4S.